The highest BCUT2D eigenvalue weighted by atomic mass is 16.6. The van der Waals surface area contributed by atoms with E-state index in [4.69, 9.17) is 5.84 Å². The molecule has 1 fully saturated rings. The predicted molar refractivity (Wildman–Crippen MR) is 71.8 cm³/mol. The van der Waals surface area contributed by atoms with Gasteiger partial charge in [-0.25, -0.2) is 10.8 Å². The fourth-order valence-corrected chi connectivity index (χ4v) is 2.63. The van der Waals surface area contributed by atoms with Gasteiger partial charge in [-0.2, -0.15) is 4.98 Å². The van der Waals surface area contributed by atoms with Crippen LogP contribution in [0, 0.1) is 23.0 Å². The molecular weight excluding hydrogens is 248 g/mol. The largest absolute Gasteiger partial charge is 0.348 e. The zero-order valence-corrected chi connectivity index (χ0v) is 11.3. The van der Waals surface area contributed by atoms with Gasteiger partial charge in [0.05, 0.1) is 4.92 Å². The molecule has 8 nitrogen and oxygen atoms in total. The Morgan fingerprint density at radius 2 is 2.16 bits per heavy atom. The van der Waals surface area contributed by atoms with Gasteiger partial charge in [0.25, 0.3) is 0 Å². The van der Waals surface area contributed by atoms with Gasteiger partial charge in [0.1, 0.15) is 5.69 Å². The first kappa shape index (κ1) is 13.5. The summed E-state index contributed by atoms with van der Waals surface area (Å²) in [5.41, 5.74) is 2.63. The summed E-state index contributed by atoms with van der Waals surface area (Å²) in [6.07, 6.45) is 0.992. The quantitative estimate of drug-likeness (QED) is 0.480. The van der Waals surface area contributed by atoms with E-state index in [-0.39, 0.29) is 17.7 Å². The Hall–Kier alpha value is -1.96. The van der Waals surface area contributed by atoms with Crippen LogP contribution in [0.5, 0.6) is 0 Å². The third kappa shape index (κ3) is 2.43. The molecule has 0 aliphatic carbocycles. The van der Waals surface area contributed by atoms with Gasteiger partial charge in [0.2, 0.25) is 11.8 Å². The molecule has 1 aliphatic heterocycles. The monoisotopic (exact) mass is 266 g/mol. The lowest BCUT2D eigenvalue weighted by atomic mass is 10.1. The van der Waals surface area contributed by atoms with Gasteiger partial charge in [0, 0.05) is 12.6 Å². The van der Waals surface area contributed by atoms with Crippen molar-refractivity contribution in [2.45, 2.75) is 33.2 Å². The van der Waals surface area contributed by atoms with Crippen LogP contribution in [0.1, 0.15) is 26.0 Å². The second-order valence-electron chi connectivity index (χ2n) is 5.05. The molecule has 8 heteroatoms. The molecule has 3 N–H and O–H groups in total. The maximum Gasteiger partial charge on any atom is 0.332 e. The molecule has 2 unspecified atom stereocenters. The highest BCUT2D eigenvalue weighted by Gasteiger charge is 2.34. The van der Waals surface area contributed by atoms with Crippen LogP contribution in [-0.4, -0.2) is 27.5 Å². The number of hydrogen-bond donors (Lipinski definition) is 2. The summed E-state index contributed by atoms with van der Waals surface area (Å²) in [7, 11) is 0. The van der Waals surface area contributed by atoms with Crippen molar-refractivity contribution in [2.24, 2.45) is 11.8 Å². The van der Waals surface area contributed by atoms with Gasteiger partial charge in [0.15, 0.2) is 0 Å². The molecule has 2 atom stereocenters. The predicted octanol–water partition coefficient (Wildman–Crippen LogP) is 1.21. The summed E-state index contributed by atoms with van der Waals surface area (Å²) < 4.78 is 0. The number of aromatic nitrogens is 2. The number of hydrogen-bond acceptors (Lipinski definition) is 7. The molecule has 1 aromatic heterocycles. The first-order chi connectivity index (χ1) is 8.93. The fourth-order valence-electron chi connectivity index (χ4n) is 2.63. The normalized spacial score (nSPS) is 22.6. The first-order valence-corrected chi connectivity index (χ1v) is 6.20. The smallest absolute Gasteiger partial charge is 0.332 e. The third-order valence-electron chi connectivity index (χ3n) is 3.41. The van der Waals surface area contributed by atoms with Gasteiger partial charge in [-0.1, -0.05) is 6.92 Å². The lowest BCUT2D eigenvalue weighted by molar-refractivity contribution is -0.385. The van der Waals surface area contributed by atoms with E-state index in [0.29, 0.717) is 17.4 Å². The van der Waals surface area contributed by atoms with E-state index in [1.165, 1.54) is 0 Å². The second-order valence-corrected chi connectivity index (χ2v) is 5.05. The zero-order valence-electron chi connectivity index (χ0n) is 11.3. The number of nitrogen functional groups attached to an aromatic ring is 1. The average molecular weight is 266 g/mol. The second kappa shape index (κ2) is 4.96. The molecule has 0 saturated carbocycles. The van der Waals surface area contributed by atoms with Crippen molar-refractivity contribution in [3.05, 3.63) is 15.8 Å². The molecule has 0 aromatic carbocycles. The summed E-state index contributed by atoms with van der Waals surface area (Å²) in [5, 5.41) is 11.2. The Balaban J connectivity index is 2.53. The highest BCUT2D eigenvalue weighted by Crippen LogP contribution is 2.35. The van der Waals surface area contributed by atoms with Crippen LogP contribution in [0.4, 0.5) is 17.5 Å². The molecule has 0 radical (unpaired) electrons. The van der Waals surface area contributed by atoms with Gasteiger partial charge in [-0.15, -0.1) is 0 Å². The van der Waals surface area contributed by atoms with Crippen molar-refractivity contribution < 1.29 is 4.92 Å². The summed E-state index contributed by atoms with van der Waals surface area (Å²) >= 11 is 0. The van der Waals surface area contributed by atoms with E-state index < -0.39 is 4.92 Å². The summed E-state index contributed by atoms with van der Waals surface area (Å²) in [6, 6.07) is 0.216. The Bertz CT molecular complexity index is 506. The molecule has 0 amide bonds. The maximum atomic E-state index is 11.2. The number of nitrogens with two attached hydrogens (primary N) is 1. The Morgan fingerprint density at radius 1 is 1.47 bits per heavy atom. The number of hydrazine groups is 1. The standard InChI is InChI=1S/C11H18N6O2/c1-6-4-7(2)16(5-6)10-9(17(18)19)8(3)13-11(14-10)15-12/h6-7H,4-5,12H2,1-3H3,(H,13,14,15). The minimum atomic E-state index is -0.430. The minimum absolute atomic E-state index is 0.0417. The maximum absolute atomic E-state index is 11.2. The number of nitrogens with zero attached hydrogens (tertiary/aromatic N) is 4. The lowest BCUT2D eigenvalue weighted by Gasteiger charge is -2.23. The van der Waals surface area contributed by atoms with E-state index in [0.717, 1.165) is 13.0 Å². The topological polar surface area (TPSA) is 110 Å². The van der Waals surface area contributed by atoms with Gasteiger partial charge >= 0.3 is 5.69 Å². The molecule has 0 spiro atoms. The summed E-state index contributed by atoms with van der Waals surface area (Å²) in [4.78, 5) is 20.9. The lowest BCUT2D eigenvalue weighted by Crippen LogP contribution is -2.29. The van der Waals surface area contributed by atoms with Crippen molar-refractivity contribution >= 4 is 17.5 Å². The molecule has 1 aromatic rings. The Morgan fingerprint density at radius 3 is 2.63 bits per heavy atom. The number of nitrogens with one attached hydrogen (secondary N) is 1. The molecular formula is C11H18N6O2. The SMILES string of the molecule is Cc1nc(NN)nc(N2CC(C)CC2C)c1[N+](=O)[O-]. The van der Waals surface area contributed by atoms with Crippen LogP contribution >= 0.6 is 0 Å². The highest BCUT2D eigenvalue weighted by molar-refractivity contribution is 5.63. The van der Waals surface area contributed by atoms with E-state index in [9.17, 15) is 10.1 Å². The molecule has 19 heavy (non-hydrogen) atoms. The number of rotatable bonds is 3. The minimum Gasteiger partial charge on any atom is -0.348 e. The molecule has 2 heterocycles. The van der Waals surface area contributed by atoms with Crippen LogP contribution in [0.15, 0.2) is 0 Å². The van der Waals surface area contributed by atoms with E-state index in [1.54, 1.807) is 6.92 Å². The van der Waals surface area contributed by atoms with E-state index >= 15 is 0 Å². The molecule has 1 aliphatic rings. The number of anilines is 2. The number of aryl methyl sites for hydroxylation is 1. The molecule has 104 valence electrons. The number of nitro groups is 1. The van der Waals surface area contributed by atoms with Crippen molar-refractivity contribution in [1.29, 1.82) is 0 Å². The summed E-state index contributed by atoms with van der Waals surface area (Å²) in [5.74, 6) is 6.34. The molecule has 2 rings (SSSR count). The van der Waals surface area contributed by atoms with Crippen molar-refractivity contribution in [2.75, 3.05) is 16.9 Å². The van der Waals surface area contributed by atoms with Gasteiger partial charge in [-0.05, 0) is 26.2 Å². The van der Waals surface area contributed by atoms with Crippen molar-refractivity contribution in [3.8, 4) is 0 Å². The third-order valence-corrected chi connectivity index (χ3v) is 3.41. The fraction of sp³-hybridized carbons (Fsp3) is 0.636. The van der Waals surface area contributed by atoms with Crippen LogP contribution < -0.4 is 16.2 Å². The van der Waals surface area contributed by atoms with Crippen LogP contribution in [0.25, 0.3) is 0 Å². The average Bonchev–Trinajstić information content (AvgIpc) is 2.66. The van der Waals surface area contributed by atoms with Crippen LogP contribution in [0.2, 0.25) is 0 Å². The van der Waals surface area contributed by atoms with E-state index in [1.807, 2.05) is 11.8 Å². The van der Waals surface area contributed by atoms with Crippen LogP contribution in [-0.2, 0) is 0 Å². The first-order valence-electron chi connectivity index (χ1n) is 6.20. The zero-order chi connectivity index (χ0) is 14.2. The molecule has 1 saturated heterocycles. The Kier molecular flexibility index (Phi) is 3.52. The van der Waals surface area contributed by atoms with Gasteiger partial charge in [-0.3, -0.25) is 15.5 Å². The Labute approximate surface area is 111 Å². The van der Waals surface area contributed by atoms with Crippen molar-refractivity contribution in [1.82, 2.24) is 9.97 Å². The van der Waals surface area contributed by atoms with Crippen molar-refractivity contribution in [3.63, 3.8) is 0 Å². The van der Waals surface area contributed by atoms with Gasteiger partial charge < -0.3 is 4.90 Å². The van der Waals surface area contributed by atoms with Crippen LogP contribution in [0.3, 0.4) is 0 Å². The molecule has 0 bridgehead atoms. The summed E-state index contributed by atoms with van der Waals surface area (Å²) in [6.45, 7) is 6.51. The van der Waals surface area contributed by atoms with E-state index in [2.05, 4.69) is 22.3 Å².